The number of hydrogen-bond acceptors (Lipinski definition) is 3. The molecule has 0 radical (unpaired) electrons. The maximum Gasteiger partial charge on any atom is 0.302 e. The lowest BCUT2D eigenvalue weighted by molar-refractivity contribution is -0.148. The Bertz CT molecular complexity index is 350. The zero-order chi connectivity index (χ0) is 11.4. The molecule has 2 rings (SSSR count). The van der Waals surface area contributed by atoms with Gasteiger partial charge in [0, 0.05) is 19.4 Å². The summed E-state index contributed by atoms with van der Waals surface area (Å²) in [5, 5.41) is 3.26. The summed E-state index contributed by atoms with van der Waals surface area (Å²) >= 11 is 0. The van der Waals surface area contributed by atoms with E-state index in [0.717, 1.165) is 19.5 Å². The van der Waals surface area contributed by atoms with Crippen LogP contribution in [0.4, 0.5) is 0 Å². The van der Waals surface area contributed by atoms with Gasteiger partial charge in [0.05, 0.1) is 0 Å². The molecule has 0 amide bonds. The third-order valence-electron chi connectivity index (χ3n) is 2.97. The topological polar surface area (TPSA) is 38.3 Å². The highest BCUT2D eigenvalue weighted by molar-refractivity contribution is 5.66. The first-order valence-corrected chi connectivity index (χ1v) is 5.70. The Kier molecular flexibility index (Phi) is 3.57. The summed E-state index contributed by atoms with van der Waals surface area (Å²) in [4.78, 5) is 11.0. The molecule has 0 saturated carbocycles. The zero-order valence-corrected chi connectivity index (χ0v) is 9.48. The minimum atomic E-state index is -0.199. The predicted molar refractivity (Wildman–Crippen MR) is 62.2 cm³/mol. The van der Waals surface area contributed by atoms with Gasteiger partial charge in [-0.25, -0.2) is 0 Å². The van der Waals surface area contributed by atoms with Gasteiger partial charge in [-0.1, -0.05) is 30.3 Å². The predicted octanol–water partition coefficient (Wildman–Crippen LogP) is 1.70. The molecule has 1 aliphatic rings. The lowest BCUT2D eigenvalue weighted by Gasteiger charge is -2.31. The van der Waals surface area contributed by atoms with Crippen LogP contribution in [0.25, 0.3) is 0 Å². The first kappa shape index (κ1) is 11.1. The summed E-state index contributed by atoms with van der Waals surface area (Å²) in [5.74, 6) is 0.126. The van der Waals surface area contributed by atoms with Gasteiger partial charge in [-0.3, -0.25) is 4.79 Å². The molecule has 0 aromatic heterocycles. The van der Waals surface area contributed by atoms with Gasteiger partial charge >= 0.3 is 5.97 Å². The molecule has 0 unspecified atom stereocenters. The standard InChI is InChI=1S/C13H17NO2/c1-10(15)16-13-9-14-8-7-12(13)11-5-3-2-4-6-11/h2-6,12-14H,7-9H2,1H3/t12-,13+/m1/s1. The number of piperidine rings is 1. The van der Waals surface area contributed by atoms with Crippen molar-refractivity contribution in [3.8, 4) is 0 Å². The molecule has 0 bridgehead atoms. The number of hydrogen-bond donors (Lipinski definition) is 1. The largest absolute Gasteiger partial charge is 0.461 e. The van der Waals surface area contributed by atoms with Crippen LogP contribution in [0.3, 0.4) is 0 Å². The molecule has 1 N–H and O–H groups in total. The fraction of sp³-hybridized carbons (Fsp3) is 0.462. The van der Waals surface area contributed by atoms with E-state index in [2.05, 4.69) is 17.4 Å². The lowest BCUT2D eigenvalue weighted by atomic mass is 9.88. The van der Waals surface area contributed by atoms with E-state index in [9.17, 15) is 4.79 Å². The first-order chi connectivity index (χ1) is 7.77. The number of nitrogens with one attached hydrogen (secondary N) is 1. The summed E-state index contributed by atoms with van der Waals surface area (Å²) in [6.07, 6.45) is 0.982. The van der Waals surface area contributed by atoms with Gasteiger partial charge in [-0.2, -0.15) is 0 Å². The third kappa shape index (κ3) is 2.61. The molecule has 3 heteroatoms. The lowest BCUT2D eigenvalue weighted by Crippen LogP contribution is -2.41. The molecule has 0 spiro atoms. The van der Waals surface area contributed by atoms with Crippen molar-refractivity contribution in [2.24, 2.45) is 0 Å². The molecule has 1 fully saturated rings. The molecule has 16 heavy (non-hydrogen) atoms. The van der Waals surface area contributed by atoms with Crippen LogP contribution in [-0.2, 0) is 9.53 Å². The molecule has 3 nitrogen and oxygen atoms in total. The molecule has 1 aromatic rings. The summed E-state index contributed by atoms with van der Waals surface area (Å²) in [6.45, 7) is 3.20. The number of ether oxygens (including phenoxy) is 1. The molecular formula is C13H17NO2. The van der Waals surface area contributed by atoms with E-state index in [1.165, 1.54) is 12.5 Å². The van der Waals surface area contributed by atoms with Crippen molar-refractivity contribution in [1.29, 1.82) is 0 Å². The zero-order valence-electron chi connectivity index (χ0n) is 9.48. The Morgan fingerprint density at radius 3 is 2.81 bits per heavy atom. The van der Waals surface area contributed by atoms with Gasteiger partial charge in [0.25, 0.3) is 0 Å². The van der Waals surface area contributed by atoms with Gasteiger partial charge < -0.3 is 10.1 Å². The fourth-order valence-electron chi connectivity index (χ4n) is 2.25. The van der Waals surface area contributed by atoms with E-state index >= 15 is 0 Å². The van der Waals surface area contributed by atoms with Gasteiger partial charge in [0.2, 0.25) is 0 Å². The van der Waals surface area contributed by atoms with Crippen LogP contribution >= 0.6 is 0 Å². The average molecular weight is 219 g/mol. The Labute approximate surface area is 95.8 Å². The molecule has 86 valence electrons. The van der Waals surface area contributed by atoms with Gasteiger partial charge in [0.1, 0.15) is 6.10 Å². The highest BCUT2D eigenvalue weighted by atomic mass is 16.5. The van der Waals surface area contributed by atoms with E-state index in [4.69, 9.17) is 4.74 Å². The third-order valence-corrected chi connectivity index (χ3v) is 2.97. The van der Waals surface area contributed by atoms with Crippen LogP contribution in [0.15, 0.2) is 30.3 Å². The molecule has 1 aromatic carbocycles. The quantitative estimate of drug-likeness (QED) is 0.769. The van der Waals surface area contributed by atoms with Crippen molar-refractivity contribution in [3.63, 3.8) is 0 Å². The van der Waals surface area contributed by atoms with Crippen LogP contribution in [0.1, 0.15) is 24.8 Å². The normalized spacial score (nSPS) is 25.1. The highest BCUT2D eigenvalue weighted by Crippen LogP contribution is 2.27. The molecule has 0 aliphatic carbocycles. The van der Waals surface area contributed by atoms with E-state index in [0.29, 0.717) is 5.92 Å². The van der Waals surface area contributed by atoms with Crippen LogP contribution in [0, 0.1) is 0 Å². The highest BCUT2D eigenvalue weighted by Gasteiger charge is 2.28. The average Bonchev–Trinajstić information content (AvgIpc) is 2.30. The van der Waals surface area contributed by atoms with Crippen molar-refractivity contribution in [2.45, 2.75) is 25.4 Å². The van der Waals surface area contributed by atoms with E-state index in [-0.39, 0.29) is 12.1 Å². The minimum Gasteiger partial charge on any atom is -0.461 e. The molecule has 2 atom stereocenters. The summed E-state index contributed by atoms with van der Waals surface area (Å²) in [7, 11) is 0. The number of esters is 1. The van der Waals surface area contributed by atoms with Gasteiger partial charge in [0.15, 0.2) is 0 Å². The van der Waals surface area contributed by atoms with Crippen LogP contribution in [0.5, 0.6) is 0 Å². The smallest absolute Gasteiger partial charge is 0.302 e. The van der Waals surface area contributed by atoms with Crippen molar-refractivity contribution in [1.82, 2.24) is 5.32 Å². The maximum absolute atomic E-state index is 11.0. The number of carbonyl (C=O) groups is 1. The van der Waals surface area contributed by atoms with Crippen LogP contribution < -0.4 is 5.32 Å². The molecule has 1 heterocycles. The van der Waals surface area contributed by atoms with E-state index in [1.54, 1.807) is 0 Å². The summed E-state index contributed by atoms with van der Waals surface area (Å²) in [5.41, 5.74) is 1.26. The summed E-state index contributed by atoms with van der Waals surface area (Å²) < 4.78 is 5.36. The Hall–Kier alpha value is -1.35. The van der Waals surface area contributed by atoms with Crippen molar-refractivity contribution in [2.75, 3.05) is 13.1 Å². The Balaban J connectivity index is 2.13. The fourth-order valence-corrected chi connectivity index (χ4v) is 2.25. The van der Waals surface area contributed by atoms with E-state index < -0.39 is 0 Å². The number of benzene rings is 1. The second kappa shape index (κ2) is 5.12. The number of carbonyl (C=O) groups excluding carboxylic acids is 1. The Morgan fingerprint density at radius 1 is 1.38 bits per heavy atom. The van der Waals surface area contributed by atoms with Crippen LogP contribution in [-0.4, -0.2) is 25.2 Å². The SMILES string of the molecule is CC(=O)O[C@H]1CNCC[C@@H]1c1ccccc1. The van der Waals surface area contributed by atoms with Crippen molar-refractivity contribution >= 4 is 5.97 Å². The second-order valence-corrected chi connectivity index (χ2v) is 4.16. The van der Waals surface area contributed by atoms with Gasteiger partial charge in [-0.05, 0) is 18.5 Å². The van der Waals surface area contributed by atoms with E-state index in [1.807, 2.05) is 18.2 Å². The minimum absolute atomic E-state index is 0.0337. The summed E-state index contributed by atoms with van der Waals surface area (Å²) in [6, 6.07) is 10.3. The molecule has 1 saturated heterocycles. The number of rotatable bonds is 2. The van der Waals surface area contributed by atoms with Crippen molar-refractivity contribution in [3.05, 3.63) is 35.9 Å². The Morgan fingerprint density at radius 2 is 2.12 bits per heavy atom. The van der Waals surface area contributed by atoms with Crippen LogP contribution in [0.2, 0.25) is 0 Å². The van der Waals surface area contributed by atoms with Gasteiger partial charge in [-0.15, -0.1) is 0 Å². The first-order valence-electron chi connectivity index (χ1n) is 5.70. The van der Waals surface area contributed by atoms with Crippen molar-refractivity contribution < 1.29 is 9.53 Å². The maximum atomic E-state index is 11.0. The second-order valence-electron chi connectivity index (χ2n) is 4.16. The monoisotopic (exact) mass is 219 g/mol. The molecule has 1 aliphatic heterocycles. The molecular weight excluding hydrogens is 202 g/mol.